The van der Waals surface area contributed by atoms with Crippen molar-refractivity contribution in [3.63, 3.8) is 0 Å². The summed E-state index contributed by atoms with van der Waals surface area (Å²) in [7, 11) is 0. The van der Waals surface area contributed by atoms with Crippen molar-refractivity contribution in [2.45, 2.75) is 5.66 Å². The molecule has 4 aromatic rings. The molecule has 2 aliphatic rings. The van der Waals surface area contributed by atoms with E-state index in [4.69, 9.17) is 4.74 Å². The van der Waals surface area contributed by atoms with Gasteiger partial charge in [-0.2, -0.15) is 8.78 Å². The fourth-order valence-corrected chi connectivity index (χ4v) is 5.12. The van der Waals surface area contributed by atoms with Crippen LogP contribution in [-0.4, -0.2) is 50.6 Å². The third kappa shape index (κ3) is 3.52. The Bertz CT molecular complexity index is 1580. The van der Waals surface area contributed by atoms with E-state index in [-0.39, 0.29) is 35.9 Å². The monoisotopic (exact) mass is 512 g/mol. The normalized spacial score (nSPS) is 17.8. The van der Waals surface area contributed by atoms with Gasteiger partial charge in [0.25, 0.3) is 11.8 Å². The predicted octanol–water partition coefficient (Wildman–Crippen LogP) is 3.79. The Morgan fingerprint density at radius 3 is 2.13 bits per heavy atom. The zero-order valence-corrected chi connectivity index (χ0v) is 19.7. The van der Waals surface area contributed by atoms with E-state index in [1.165, 1.54) is 18.3 Å². The second-order valence-electron chi connectivity index (χ2n) is 8.78. The SMILES string of the molecule is O=C(Oc1ccc(C23c4ccccc4C(=O)N2CCN3C(=O)c2ccc(F)nc2)cc1)c1ccc(F)nc1. The summed E-state index contributed by atoms with van der Waals surface area (Å²) in [6.45, 7) is 0.521. The van der Waals surface area contributed by atoms with E-state index in [0.29, 0.717) is 16.7 Å². The molecular formula is C28H18F2N4O4. The number of hydrogen-bond acceptors (Lipinski definition) is 6. The topological polar surface area (TPSA) is 92.7 Å². The van der Waals surface area contributed by atoms with E-state index in [2.05, 4.69) is 9.97 Å². The van der Waals surface area contributed by atoms with Crippen LogP contribution < -0.4 is 4.74 Å². The van der Waals surface area contributed by atoms with Crippen LogP contribution in [0.5, 0.6) is 5.75 Å². The van der Waals surface area contributed by atoms with Crippen LogP contribution in [0, 0.1) is 11.9 Å². The molecule has 0 aliphatic carbocycles. The van der Waals surface area contributed by atoms with E-state index in [9.17, 15) is 23.2 Å². The fourth-order valence-electron chi connectivity index (χ4n) is 5.12. The Morgan fingerprint density at radius 1 is 0.816 bits per heavy atom. The number of nitrogens with zero attached hydrogens (tertiary/aromatic N) is 4. The molecule has 188 valence electrons. The number of halogens is 2. The third-order valence-corrected chi connectivity index (χ3v) is 6.76. The van der Waals surface area contributed by atoms with Crippen molar-refractivity contribution in [2.75, 3.05) is 13.1 Å². The maximum absolute atomic E-state index is 13.7. The Labute approximate surface area is 215 Å². The van der Waals surface area contributed by atoms with Gasteiger partial charge in [0, 0.05) is 42.2 Å². The van der Waals surface area contributed by atoms with Crippen molar-refractivity contribution >= 4 is 17.8 Å². The lowest BCUT2D eigenvalue weighted by molar-refractivity contribution is 0.0375. The Kier molecular flexibility index (Phi) is 5.45. The molecule has 0 bridgehead atoms. The molecule has 2 aromatic heterocycles. The summed E-state index contributed by atoms with van der Waals surface area (Å²) in [6.07, 6.45) is 2.25. The van der Waals surface area contributed by atoms with Crippen molar-refractivity contribution in [2.24, 2.45) is 0 Å². The molecule has 2 aliphatic heterocycles. The Morgan fingerprint density at radius 2 is 1.47 bits per heavy atom. The number of aromatic nitrogens is 2. The molecule has 1 saturated heterocycles. The van der Waals surface area contributed by atoms with E-state index in [1.54, 1.807) is 58.3 Å². The molecule has 38 heavy (non-hydrogen) atoms. The van der Waals surface area contributed by atoms with Crippen LogP contribution >= 0.6 is 0 Å². The van der Waals surface area contributed by atoms with Crippen molar-refractivity contribution in [3.8, 4) is 5.75 Å². The first-order valence-electron chi connectivity index (χ1n) is 11.7. The zero-order chi connectivity index (χ0) is 26.4. The minimum atomic E-state index is -1.26. The van der Waals surface area contributed by atoms with Gasteiger partial charge < -0.3 is 14.5 Å². The number of ether oxygens (including phenoxy) is 1. The highest BCUT2D eigenvalue weighted by Crippen LogP contribution is 2.50. The van der Waals surface area contributed by atoms with Crippen LogP contribution in [0.25, 0.3) is 0 Å². The highest BCUT2D eigenvalue weighted by Gasteiger charge is 2.59. The van der Waals surface area contributed by atoms with Crippen molar-refractivity contribution in [1.82, 2.24) is 19.8 Å². The molecule has 0 radical (unpaired) electrons. The number of amides is 2. The molecule has 0 saturated carbocycles. The highest BCUT2D eigenvalue weighted by molar-refractivity contribution is 6.03. The smallest absolute Gasteiger partial charge is 0.345 e. The molecule has 1 atom stereocenters. The number of carbonyl (C=O) groups excluding carboxylic acids is 3. The van der Waals surface area contributed by atoms with Gasteiger partial charge in [-0.15, -0.1) is 0 Å². The first kappa shape index (κ1) is 23.4. The van der Waals surface area contributed by atoms with Gasteiger partial charge in [0.05, 0.1) is 11.1 Å². The molecule has 8 nitrogen and oxygen atoms in total. The largest absolute Gasteiger partial charge is 0.423 e. The van der Waals surface area contributed by atoms with Crippen LogP contribution in [0.4, 0.5) is 8.78 Å². The van der Waals surface area contributed by atoms with Gasteiger partial charge in [0.15, 0.2) is 5.66 Å². The summed E-state index contributed by atoms with van der Waals surface area (Å²) in [6, 6.07) is 18.4. The van der Waals surface area contributed by atoms with Crippen LogP contribution in [0.2, 0.25) is 0 Å². The second kappa shape index (κ2) is 8.84. The molecule has 2 amide bonds. The number of benzene rings is 2. The van der Waals surface area contributed by atoms with Gasteiger partial charge in [-0.25, -0.2) is 14.8 Å². The van der Waals surface area contributed by atoms with Crippen LogP contribution in [0.1, 0.15) is 42.2 Å². The minimum Gasteiger partial charge on any atom is -0.423 e. The highest BCUT2D eigenvalue weighted by atomic mass is 19.1. The molecule has 1 unspecified atom stereocenters. The maximum Gasteiger partial charge on any atom is 0.345 e. The number of fused-ring (bicyclic) bond motifs is 3. The maximum atomic E-state index is 13.7. The molecule has 2 aromatic carbocycles. The molecule has 1 fully saturated rings. The fraction of sp³-hybridized carbons (Fsp3) is 0.107. The quantitative estimate of drug-likeness (QED) is 0.235. The lowest BCUT2D eigenvalue weighted by atomic mass is 9.89. The molecule has 0 spiro atoms. The summed E-state index contributed by atoms with van der Waals surface area (Å²) in [4.78, 5) is 49.9. The van der Waals surface area contributed by atoms with E-state index in [0.717, 1.165) is 18.3 Å². The van der Waals surface area contributed by atoms with Gasteiger partial charge in [0.2, 0.25) is 11.9 Å². The number of pyridine rings is 2. The number of hydrogen-bond donors (Lipinski definition) is 0. The summed E-state index contributed by atoms with van der Waals surface area (Å²) < 4.78 is 31.9. The second-order valence-corrected chi connectivity index (χ2v) is 8.78. The van der Waals surface area contributed by atoms with Crippen molar-refractivity contribution in [3.05, 3.63) is 125 Å². The molecule has 0 N–H and O–H groups in total. The minimum absolute atomic E-state index is 0.0797. The van der Waals surface area contributed by atoms with Crippen molar-refractivity contribution in [1.29, 1.82) is 0 Å². The van der Waals surface area contributed by atoms with Gasteiger partial charge in [-0.3, -0.25) is 9.59 Å². The summed E-state index contributed by atoms with van der Waals surface area (Å²) in [5.41, 5.74) is 0.705. The van der Waals surface area contributed by atoms with Crippen LogP contribution in [0.3, 0.4) is 0 Å². The summed E-state index contributed by atoms with van der Waals surface area (Å²) in [5, 5.41) is 0. The van der Waals surface area contributed by atoms with Gasteiger partial charge >= 0.3 is 5.97 Å². The van der Waals surface area contributed by atoms with Crippen molar-refractivity contribution < 1.29 is 27.9 Å². The average Bonchev–Trinajstić information content (AvgIpc) is 3.45. The van der Waals surface area contributed by atoms with E-state index in [1.807, 2.05) is 0 Å². The summed E-state index contributed by atoms with van der Waals surface area (Å²) >= 11 is 0. The lowest BCUT2D eigenvalue weighted by Gasteiger charge is -2.40. The van der Waals surface area contributed by atoms with Gasteiger partial charge in [-0.1, -0.05) is 30.3 Å². The van der Waals surface area contributed by atoms with Crippen LogP contribution in [-0.2, 0) is 5.66 Å². The first-order chi connectivity index (χ1) is 18.4. The lowest BCUT2D eigenvalue weighted by Crippen LogP contribution is -2.51. The number of rotatable bonds is 4. The predicted molar refractivity (Wildman–Crippen MR) is 129 cm³/mol. The molecule has 10 heteroatoms. The van der Waals surface area contributed by atoms with E-state index < -0.39 is 29.4 Å². The first-order valence-corrected chi connectivity index (χ1v) is 11.7. The standard InChI is InChI=1S/C28H18F2N4O4/c29-23-11-5-17(15-31-23)25(35)33-13-14-34-26(36)21-3-1-2-4-22(21)28(33,34)19-7-9-20(10-8-19)38-27(37)18-6-12-24(30)32-16-18/h1-12,15-16H,13-14H2. The third-order valence-electron chi connectivity index (χ3n) is 6.76. The Hall–Kier alpha value is -4.99. The van der Waals surface area contributed by atoms with Crippen LogP contribution in [0.15, 0.2) is 85.2 Å². The van der Waals surface area contributed by atoms with Gasteiger partial charge in [0.1, 0.15) is 5.75 Å². The average molecular weight is 512 g/mol. The Balaban J connectivity index is 1.41. The van der Waals surface area contributed by atoms with Gasteiger partial charge in [-0.05, 0) is 42.5 Å². The number of carbonyl (C=O) groups is 3. The molecule has 6 rings (SSSR count). The number of esters is 1. The molecule has 4 heterocycles. The van der Waals surface area contributed by atoms with E-state index >= 15 is 0 Å². The summed E-state index contributed by atoms with van der Waals surface area (Å²) in [5.74, 6) is -2.55. The molecular weight excluding hydrogens is 494 g/mol. The zero-order valence-electron chi connectivity index (χ0n) is 19.7.